The Morgan fingerprint density at radius 1 is 1.20 bits per heavy atom. The lowest BCUT2D eigenvalue weighted by molar-refractivity contribution is 0.0952. The molecule has 0 unspecified atom stereocenters. The lowest BCUT2D eigenvalue weighted by Gasteiger charge is -2.13. The Morgan fingerprint density at radius 3 is 2.60 bits per heavy atom. The van der Waals surface area contributed by atoms with Crippen LogP contribution in [0.1, 0.15) is 22.3 Å². The zero-order chi connectivity index (χ0) is 18.4. The monoisotopic (exact) mass is 366 g/mol. The third-order valence-corrected chi connectivity index (χ3v) is 4.84. The second kappa shape index (κ2) is 8.09. The quantitative estimate of drug-likeness (QED) is 0.654. The molecule has 0 atom stereocenters. The molecule has 0 heterocycles. The molecule has 0 bridgehead atoms. The van der Waals surface area contributed by atoms with Crippen molar-refractivity contribution in [2.24, 2.45) is 0 Å². The fraction of sp³-hybridized carbons (Fsp3) is 0.235. The minimum atomic E-state index is -3.97. The number of para-hydroxylation sites is 1. The van der Waals surface area contributed by atoms with Crippen LogP contribution in [0.2, 0.25) is 0 Å². The largest absolute Gasteiger partial charge is 0.396 e. The fourth-order valence-electron chi connectivity index (χ4n) is 2.13. The Bertz CT molecular complexity index is 869. The van der Waals surface area contributed by atoms with Crippen molar-refractivity contribution >= 4 is 21.6 Å². The predicted molar refractivity (Wildman–Crippen MR) is 92.4 cm³/mol. The molecule has 3 N–H and O–H groups in total. The van der Waals surface area contributed by atoms with Crippen molar-refractivity contribution in [2.75, 3.05) is 17.9 Å². The van der Waals surface area contributed by atoms with E-state index >= 15 is 0 Å². The number of anilines is 1. The first-order valence-corrected chi connectivity index (χ1v) is 9.10. The van der Waals surface area contributed by atoms with E-state index in [1.54, 1.807) is 12.1 Å². The third-order valence-electron chi connectivity index (χ3n) is 3.48. The SMILES string of the molecule is Cc1cc(S(=O)(=O)Nc2ccccc2C(=O)NCCCO)ccc1F. The van der Waals surface area contributed by atoms with Crippen LogP contribution in [-0.4, -0.2) is 32.6 Å². The Balaban J connectivity index is 2.27. The minimum absolute atomic E-state index is 0.0571. The molecule has 0 saturated heterocycles. The number of carbonyl (C=O) groups is 1. The lowest BCUT2D eigenvalue weighted by Crippen LogP contribution is -2.26. The van der Waals surface area contributed by atoms with Crippen LogP contribution in [0, 0.1) is 12.7 Å². The number of amides is 1. The van der Waals surface area contributed by atoms with Gasteiger partial charge in [0.15, 0.2) is 0 Å². The molecule has 0 spiro atoms. The number of sulfonamides is 1. The molecule has 134 valence electrons. The number of rotatable bonds is 7. The van der Waals surface area contributed by atoms with E-state index in [2.05, 4.69) is 10.0 Å². The summed E-state index contributed by atoms with van der Waals surface area (Å²) in [5.74, 6) is -0.954. The van der Waals surface area contributed by atoms with Gasteiger partial charge in [0.05, 0.1) is 16.1 Å². The highest BCUT2D eigenvalue weighted by molar-refractivity contribution is 7.92. The summed E-state index contributed by atoms with van der Waals surface area (Å²) in [5.41, 5.74) is 0.478. The van der Waals surface area contributed by atoms with Gasteiger partial charge in [-0.3, -0.25) is 9.52 Å². The molecule has 2 aromatic rings. The van der Waals surface area contributed by atoms with E-state index < -0.39 is 21.7 Å². The van der Waals surface area contributed by atoms with Gasteiger partial charge in [0.1, 0.15) is 5.82 Å². The first-order chi connectivity index (χ1) is 11.8. The van der Waals surface area contributed by atoms with Crippen LogP contribution < -0.4 is 10.0 Å². The van der Waals surface area contributed by atoms with E-state index in [4.69, 9.17) is 5.11 Å². The number of aryl methyl sites for hydroxylation is 1. The highest BCUT2D eigenvalue weighted by Gasteiger charge is 2.19. The first kappa shape index (κ1) is 18.9. The Labute approximate surface area is 145 Å². The number of carbonyl (C=O) groups excluding carboxylic acids is 1. The maximum atomic E-state index is 13.3. The zero-order valence-corrected chi connectivity index (χ0v) is 14.4. The molecule has 0 aliphatic heterocycles. The molecule has 0 aliphatic carbocycles. The Kier molecular flexibility index (Phi) is 6.11. The number of aliphatic hydroxyl groups is 1. The summed E-state index contributed by atoms with van der Waals surface area (Å²) in [7, 11) is -3.97. The summed E-state index contributed by atoms with van der Waals surface area (Å²) in [6.07, 6.45) is 0.397. The summed E-state index contributed by atoms with van der Waals surface area (Å²) in [5, 5.41) is 11.4. The average molecular weight is 366 g/mol. The summed E-state index contributed by atoms with van der Waals surface area (Å²) in [6.45, 7) is 1.68. The van der Waals surface area contributed by atoms with Crippen molar-refractivity contribution in [3.63, 3.8) is 0 Å². The summed E-state index contributed by atoms with van der Waals surface area (Å²) in [4.78, 5) is 12.1. The second-order valence-electron chi connectivity index (χ2n) is 5.40. The van der Waals surface area contributed by atoms with E-state index in [-0.39, 0.29) is 34.9 Å². The second-order valence-corrected chi connectivity index (χ2v) is 7.08. The standard InChI is InChI=1S/C17H19FN2O4S/c1-12-11-13(7-8-15(12)18)25(23,24)20-16-6-3-2-5-14(16)17(22)19-9-4-10-21/h2-3,5-8,11,20-21H,4,9-10H2,1H3,(H,19,22). The number of hydrogen-bond donors (Lipinski definition) is 3. The van der Waals surface area contributed by atoms with Crippen LogP contribution >= 0.6 is 0 Å². The maximum Gasteiger partial charge on any atom is 0.261 e. The molecule has 0 radical (unpaired) electrons. The van der Waals surface area contributed by atoms with Crippen molar-refractivity contribution in [3.8, 4) is 0 Å². The average Bonchev–Trinajstić information content (AvgIpc) is 2.57. The molecule has 8 heteroatoms. The van der Waals surface area contributed by atoms with Crippen molar-refractivity contribution in [3.05, 3.63) is 59.4 Å². The van der Waals surface area contributed by atoms with Crippen LogP contribution in [0.25, 0.3) is 0 Å². The van der Waals surface area contributed by atoms with Crippen LogP contribution in [0.5, 0.6) is 0 Å². The van der Waals surface area contributed by atoms with Crippen LogP contribution in [0.4, 0.5) is 10.1 Å². The van der Waals surface area contributed by atoms with Gasteiger partial charge in [0, 0.05) is 13.2 Å². The smallest absolute Gasteiger partial charge is 0.261 e. The predicted octanol–water partition coefficient (Wildman–Crippen LogP) is 2.05. The van der Waals surface area contributed by atoms with Gasteiger partial charge in [-0.05, 0) is 49.2 Å². The molecule has 2 rings (SSSR count). The van der Waals surface area contributed by atoms with E-state index in [1.165, 1.54) is 25.1 Å². The van der Waals surface area contributed by atoms with E-state index in [0.29, 0.717) is 6.42 Å². The number of benzene rings is 2. The van der Waals surface area contributed by atoms with Crippen molar-refractivity contribution < 1.29 is 22.7 Å². The molecule has 6 nitrogen and oxygen atoms in total. The van der Waals surface area contributed by atoms with Crippen LogP contribution in [-0.2, 0) is 10.0 Å². The zero-order valence-electron chi connectivity index (χ0n) is 13.6. The summed E-state index contributed by atoms with van der Waals surface area (Å²) in [6, 6.07) is 9.63. The number of aliphatic hydroxyl groups excluding tert-OH is 1. The maximum absolute atomic E-state index is 13.3. The van der Waals surface area contributed by atoms with Gasteiger partial charge in [-0.15, -0.1) is 0 Å². The molecule has 2 aromatic carbocycles. The van der Waals surface area contributed by atoms with Crippen molar-refractivity contribution in [1.82, 2.24) is 5.32 Å². The highest BCUT2D eigenvalue weighted by atomic mass is 32.2. The lowest BCUT2D eigenvalue weighted by atomic mass is 10.1. The topological polar surface area (TPSA) is 95.5 Å². The molecular formula is C17H19FN2O4S. The molecule has 0 fully saturated rings. The van der Waals surface area contributed by atoms with E-state index in [1.807, 2.05) is 0 Å². The molecule has 0 aliphatic rings. The Morgan fingerprint density at radius 2 is 1.92 bits per heavy atom. The van der Waals surface area contributed by atoms with E-state index in [0.717, 1.165) is 12.1 Å². The van der Waals surface area contributed by atoms with Crippen LogP contribution in [0.3, 0.4) is 0 Å². The van der Waals surface area contributed by atoms with Gasteiger partial charge < -0.3 is 10.4 Å². The van der Waals surface area contributed by atoms with Gasteiger partial charge >= 0.3 is 0 Å². The normalized spacial score (nSPS) is 11.2. The first-order valence-electron chi connectivity index (χ1n) is 7.62. The van der Waals surface area contributed by atoms with Gasteiger partial charge in [-0.2, -0.15) is 0 Å². The highest BCUT2D eigenvalue weighted by Crippen LogP contribution is 2.21. The third kappa shape index (κ3) is 4.77. The number of hydrogen-bond acceptors (Lipinski definition) is 4. The van der Waals surface area contributed by atoms with E-state index in [9.17, 15) is 17.6 Å². The molecule has 0 aromatic heterocycles. The number of nitrogens with one attached hydrogen (secondary N) is 2. The van der Waals surface area contributed by atoms with Gasteiger partial charge in [0.2, 0.25) is 0 Å². The van der Waals surface area contributed by atoms with Crippen LogP contribution in [0.15, 0.2) is 47.4 Å². The van der Waals surface area contributed by atoms with Crippen molar-refractivity contribution in [1.29, 1.82) is 0 Å². The summed E-state index contributed by atoms with van der Waals surface area (Å²) >= 11 is 0. The molecular weight excluding hydrogens is 347 g/mol. The fourth-order valence-corrected chi connectivity index (χ4v) is 3.30. The van der Waals surface area contributed by atoms with Gasteiger partial charge in [-0.1, -0.05) is 12.1 Å². The minimum Gasteiger partial charge on any atom is -0.396 e. The molecule has 0 saturated carbocycles. The molecule has 1 amide bonds. The molecule has 25 heavy (non-hydrogen) atoms. The van der Waals surface area contributed by atoms with Gasteiger partial charge in [-0.25, -0.2) is 12.8 Å². The summed E-state index contributed by atoms with van der Waals surface area (Å²) < 4.78 is 40.7. The number of halogens is 1. The Hall–Kier alpha value is -2.45. The van der Waals surface area contributed by atoms with Crippen molar-refractivity contribution in [2.45, 2.75) is 18.2 Å². The van der Waals surface area contributed by atoms with Gasteiger partial charge in [0.25, 0.3) is 15.9 Å².